The highest BCUT2D eigenvalue weighted by Gasteiger charge is 2.15. The first-order chi connectivity index (χ1) is 10.2. The van der Waals surface area contributed by atoms with E-state index in [9.17, 15) is 4.79 Å². The summed E-state index contributed by atoms with van der Waals surface area (Å²) >= 11 is 0. The molecule has 4 heteroatoms. The number of ether oxygens (including phenoxy) is 1. The number of carbonyl (C=O) groups is 1. The predicted molar refractivity (Wildman–Crippen MR) is 81.1 cm³/mol. The van der Waals surface area contributed by atoms with E-state index in [2.05, 4.69) is 17.2 Å². The lowest BCUT2D eigenvalue weighted by molar-refractivity contribution is 0.0907. The minimum Gasteiger partial charge on any atom is -0.384 e. The van der Waals surface area contributed by atoms with Crippen LogP contribution in [0.5, 0.6) is 0 Å². The Hall–Kier alpha value is -1.83. The lowest BCUT2D eigenvalue weighted by Gasteiger charge is -2.10. The van der Waals surface area contributed by atoms with E-state index in [-0.39, 0.29) is 12.5 Å². The number of aliphatic hydroxyl groups excluding tert-OH is 1. The van der Waals surface area contributed by atoms with Crippen molar-refractivity contribution in [1.29, 1.82) is 0 Å². The first kappa shape index (κ1) is 15.6. The molecule has 1 fully saturated rings. The highest BCUT2D eigenvalue weighted by molar-refractivity contribution is 5.94. The fourth-order valence-electron chi connectivity index (χ4n) is 2.40. The van der Waals surface area contributed by atoms with Gasteiger partial charge in [0.1, 0.15) is 6.61 Å². The van der Waals surface area contributed by atoms with E-state index in [1.807, 2.05) is 19.1 Å². The molecule has 1 heterocycles. The van der Waals surface area contributed by atoms with Crippen LogP contribution in [0.25, 0.3) is 0 Å². The zero-order valence-electron chi connectivity index (χ0n) is 12.3. The third-order valence-corrected chi connectivity index (χ3v) is 3.57. The molecule has 1 aromatic rings. The molecule has 0 radical (unpaired) electrons. The summed E-state index contributed by atoms with van der Waals surface area (Å²) in [4.78, 5) is 12.1. The number of aryl methyl sites for hydroxylation is 1. The van der Waals surface area contributed by atoms with Gasteiger partial charge in [-0.05, 0) is 49.9 Å². The summed E-state index contributed by atoms with van der Waals surface area (Å²) in [5.41, 5.74) is 2.40. The van der Waals surface area contributed by atoms with Crippen molar-refractivity contribution >= 4 is 5.91 Å². The predicted octanol–water partition coefficient (Wildman–Crippen LogP) is 1.64. The number of rotatable bonds is 4. The van der Waals surface area contributed by atoms with E-state index in [4.69, 9.17) is 9.84 Å². The van der Waals surface area contributed by atoms with Gasteiger partial charge in [0.25, 0.3) is 5.91 Å². The summed E-state index contributed by atoms with van der Waals surface area (Å²) in [6.07, 6.45) is 3.37. The Labute approximate surface area is 125 Å². The molecule has 0 spiro atoms. The van der Waals surface area contributed by atoms with E-state index in [0.717, 1.165) is 37.0 Å². The first-order valence-corrected chi connectivity index (χ1v) is 7.31. The van der Waals surface area contributed by atoms with E-state index in [0.29, 0.717) is 18.2 Å². The SMILES string of the molecule is Cc1cc(C(=O)NCCC2CCCO2)ccc1C#CCO. The third kappa shape index (κ3) is 4.59. The molecule has 1 saturated heterocycles. The Morgan fingerprint density at radius 1 is 1.52 bits per heavy atom. The quantitative estimate of drug-likeness (QED) is 0.828. The second-order valence-electron chi connectivity index (χ2n) is 5.17. The largest absolute Gasteiger partial charge is 0.384 e. The van der Waals surface area contributed by atoms with Crippen molar-refractivity contribution in [3.05, 3.63) is 34.9 Å². The van der Waals surface area contributed by atoms with Crippen LogP contribution in [0.4, 0.5) is 0 Å². The average Bonchev–Trinajstić information content (AvgIpc) is 2.99. The van der Waals surface area contributed by atoms with Crippen LogP contribution in [0.3, 0.4) is 0 Å². The number of benzene rings is 1. The Morgan fingerprint density at radius 3 is 3.05 bits per heavy atom. The zero-order valence-corrected chi connectivity index (χ0v) is 12.3. The number of amides is 1. The van der Waals surface area contributed by atoms with E-state index in [1.165, 1.54) is 0 Å². The van der Waals surface area contributed by atoms with Crippen molar-refractivity contribution in [2.24, 2.45) is 0 Å². The monoisotopic (exact) mass is 287 g/mol. The highest BCUT2D eigenvalue weighted by atomic mass is 16.5. The van der Waals surface area contributed by atoms with Gasteiger partial charge in [0.15, 0.2) is 0 Å². The van der Waals surface area contributed by atoms with Gasteiger partial charge >= 0.3 is 0 Å². The van der Waals surface area contributed by atoms with Crippen molar-refractivity contribution in [3.63, 3.8) is 0 Å². The van der Waals surface area contributed by atoms with Crippen LogP contribution in [0.2, 0.25) is 0 Å². The summed E-state index contributed by atoms with van der Waals surface area (Å²) in [6.45, 7) is 3.22. The number of carbonyl (C=O) groups excluding carboxylic acids is 1. The molecule has 0 aromatic heterocycles. The Kier molecular flexibility index (Phi) is 5.79. The van der Waals surface area contributed by atoms with Gasteiger partial charge in [-0.3, -0.25) is 4.79 Å². The molecule has 0 aliphatic carbocycles. The molecular weight excluding hydrogens is 266 g/mol. The molecule has 2 rings (SSSR count). The molecule has 21 heavy (non-hydrogen) atoms. The summed E-state index contributed by atoms with van der Waals surface area (Å²) < 4.78 is 5.53. The molecule has 1 atom stereocenters. The molecule has 112 valence electrons. The van der Waals surface area contributed by atoms with Crippen molar-refractivity contribution in [1.82, 2.24) is 5.32 Å². The molecule has 2 N–H and O–H groups in total. The zero-order chi connectivity index (χ0) is 15.1. The van der Waals surface area contributed by atoms with Crippen LogP contribution >= 0.6 is 0 Å². The molecular formula is C17H21NO3. The molecule has 4 nitrogen and oxygen atoms in total. The topological polar surface area (TPSA) is 58.6 Å². The maximum absolute atomic E-state index is 12.1. The smallest absolute Gasteiger partial charge is 0.251 e. The Bertz CT molecular complexity index is 551. The van der Waals surface area contributed by atoms with Crippen molar-refractivity contribution in [2.45, 2.75) is 32.3 Å². The fourth-order valence-corrected chi connectivity index (χ4v) is 2.40. The van der Waals surface area contributed by atoms with Gasteiger partial charge in [-0.2, -0.15) is 0 Å². The minimum absolute atomic E-state index is 0.0715. The minimum atomic E-state index is -0.162. The van der Waals surface area contributed by atoms with E-state index in [1.54, 1.807) is 6.07 Å². The van der Waals surface area contributed by atoms with Gasteiger partial charge in [0.2, 0.25) is 0 Å². The number of nitrogens with one attached hydrogen (secondary N) is 1. The lowest BCUT2D eigenvalue weighted by atomic mass is 10.0. The van der Waals surface area contributed by atoms with Crippen LogP contribution in [0.15, 0.2) is 18.2 Å². The van der Waals surface area contributed by atoms with Gasteiger partial charge in [0.05, 0.1) is 6.10 Å². The van der Waals surface area contributed by atoms with Gasteiger partial charge in [-0.25, -0.2) is 0 Å². The van der Waals surface area contributed by atoms with Crippen molar-refractivity contribution < 1.29 is 14.6 Å². The lowest BCUT2D eigenvalue weighted by Crippen LogP contribution is -2.27. The van der Waals surface area contributed by atoms with E-state index >= 15 is 0 Å². The summed E-state index contributed by atoms with van der Waals surface area (Å²) in [7, 11) is 0. The molecule has 1 amide bonds. The molecule has 1 aliphatic heterocycles. The summed E-state index contributed by atoms with van der Waals surface area (Å²) in [6, 6.07) is 5.39. The molecule has 0 saturated carbocycles. The standard InChI is InChI=1S/C17H21NO3/c1-13-12-15(7-6-14(13)4-2-10-19)17(20)18-9-8-16-5-3-11-21-16/h6-7,12,16,19H,3,5,8-11H2,1H3,(H,18,20). The Morgan fingerprint density at radius 2 is 2.38 bits per heavy atom. The van der Waals surface area contributed by atoms with Gasteiger partial charge < -0.3 is 15.2 Å². The van der Waals surface area contributed by atoms with Crippen LogP contribution in [0.1, 0.15) is 40.7 Å². The van der Waals surface area contributed by atoms with Crippen LogP contribution in [0, 0.1) is 18.8 Å². The number of hydrogen-bond acceptors (Lipinski definition) is 3. The molecule has 1 aromatic carbocycles. The second kappa shape index (κ2) is 7.82. The molecule has 1 unspecified atom stereocenters. The van der Waals surface area contributed by atoms with Crippen LogP contribution in [-0.2, 0) is 4.74 Å². The number of aliphatic hydroxyl groups is 1. The Balaban J connectivity index is 1.88. The second-order valence-corrected chi connectivity index (χ2v) is 5.17. The van der Waals surface area contributed by atoms with E-state index < -0.39 is 0 Å². The van der Waals surface area contributed by atoms with Gasteiger partial charge in [0, 0.05) is 24.3 Å². The third-order valence-electron chi connectivity index (χ3n) is 3.57. The van der Waals surface area contributed by atoms with Gasteiger partial charge in [-0.15, -0.1) is 0 Å². The first-order valence-electron chi connectivity index (χ1n) is 7.31. The highest BCUT2D eigenvalue weighted by Crippen LogP contribution is 2.14. The van der Waals surface area contributed by atoms with Crippen molar-refractivity contribution in [3.8, 4) is 11.8 Å². The number of hydrogen-bond donors (Lipinski definition) is 2. The fraction of sp³-hybridized carbons (Fsp3) is 0.471. The maximum atomic E-state index is 12.1. The summed E-state index contributed by atoms with van der Waals surface area (Å²) in [5.74, 6) is 5.40. The van der Waals surface area contributed by atoms with Crippen LogP contribution < -0.4 is 5.32 Å². The average molecular weight is 287 g/mol. The van der Waals surface area contributed by atoms with Crippen molar-refractivity contribution in [2.75, 3.05) is 19.8 Å². The normalized spacial score (nSPS) is 17.1. The maximum Gasteiger partial charge on any atom is 0.251 e. The summed E-state index contributed by atoms with van der Waals surface area (Å²) in [5, 5.41) is 11.6. The van der Waals surface area contributed by atoms with Crippen LogP contribution in [-0.4, -0.2) is 36.9 Å². The molecule has 0 bridgehead atoms. The molecule has 1 aliphatic rings. The van der Waals surface area contributed by atoms with Gasteiger partial charge in [-0.1, -0.05) is 11.8 Å².